The molecule has 10 heteroatoms. The van der Waals surface area contributed by atoms with E-state index in [0.717, 1.165) is 28.6 Å². The summed E-state index contributed by atoms with van der Waals surface area (Å²) in [5, 5.41) is 3.94. The molecular weight excluding hydrogens is 369 g/mol. The maximum absolute atomic E-state index is 12.0. The van der Waals surface area contributed by atoms with Gasteiger partial charge in [-0.2, -0.15) is 13.2 Å². The SMILES string of the molecule is Cc1cc(C)cc(-n2ccnc2SCC(=O)NC(=O)NCC(F)(F)F)c1. The van der Waals surface area contributed by atoms with Gasteiger partial charge in [0.2, 0.25) is 5.91 Å². The summed E-state index contributed by atoms with van der Waals surface area (Å²) in [5.74, 6) is -0.883. The van der Waals surface area contributed by atoms with Crippen LogP contribution in [0.4, 0.5) is 18.0 Å². The van der Waals surface area contributed by atoms with Gasteiger partial charge in [-0.25, -0.2) is 9.78 Å². The number of benzene rings is 1. The molecule has 0 aliphatic rings. The molecule has 140 valence electrons. The Hall–Kier alpha value is -2.49. The smallest absolute Gasteiger partial charge is 0.329 e. The average molecular weight is 386 g/mol. The summed E-state index contributed by atoms with van der Waals surface area (Å²) in [6.07, 6.45) is -1.22. The molecule has 0 bridgehead atoms. The normalized spacial score (nSPS) is 11.3. The van der Waals surface area contributed by atoms with Gasteiger partial charge in [0.25, 0.3) is 0 Å². The summed E-state index contributed by atoms with van der Waals surface area (Å²) < 4.78 is 37.8. The largest absolute Gasteiger partial charge is 0.405 e. The highest BCUT2D eigenvalue weighted by atomic mass is 32.2. The van der Waals surface area contributed by atoms with Gasteiger partial charge < -0.3 is 5.32 Å². The van der Waals surface area contributed by atoms with Crippen LogP contribution in [0.15, 0.2) is 35.7 Å². The average Bonchev–Trinajstić information content (AvgIpc) is 2.98. The van der Waals surface area contributed by atoms with E-state index in [0.29, 0.717) is 5.16 Å². The van der Waals surface area contributed by atoms with Crippen LogP contribution in [0, 0.1) is 13.8 Å². The van der Waals surface area contributed by atoms with Gasteiger partial charge in [0.05, 0.1) is 5.75 Å². The second-order valence-electron chi connectivity index (χ2n) is 5.56. The minimum absolute atomic E-state index is 0.165. The summed E-state index contributed by atoms with van der Waals surface area (Å²) in [7, 11) is 0. The summed E-state index contributed by atoms with van der Waals surface area (Å²) in [4.78, 5) is 27.1. The van der Waals surface area contributed by atoms with Crippen LogP contribution in [0.3, 0.4) is 0 Å². The Kier molecular flexibility index (Phi) is 6.30. The first kappa shape index (κ1) is 19.8. The number of aromatic nitrogens is 2. The van der Waals surface area contributed by atoms with Crippen molar-refractivity contribution in [1.29, 1.82) is 0 Å². The molecule has 0 fully saturated rings. The number of thioether (sulfide) groups is 1. The molecule has 0 aliphatic carbocycles. The molecule has 0 atom stereocenters. The molecule has 0 unspecified atom stereocenters. The number of hydrogen-bond acceptors (Lipinski definition) is 4. The van der Waals surface area contributed by atoms with E-state index in [1.807, 2.05) is 37.4 Å². The molecule has 3 amide bonds. The predicted molar refractivity (Wildman–Crippen MR) is 91.4 cm³/mol. The Balaban J connectivity index is 1.93. The molecular formula is C16H17F3N4O2S. The van der Waals surface area contributed by atoms with Crippen LogP contribution in [-0.2, 0) is 4.79 Å². The fourth-order valence-corrected chi connectivity index (χ4v) is 2.97. The zero-order chi connectivity index (χ0) is 19.3. The van der Waals surface area contributed by atoms with Crippen molar-refractivity contribution >= 4 is 23.7 Å². The number of imidazole rings is 1. The zero-order valence-electron chi connectivity index (χ0n) is 14.1. The number of nitrogens with zero attached hydrogens (tertiary/aromatic N) is 2. The van der Waals surface area contributed by atoms with Gasteiger partial charge in [-0.1, -0.05) is 17.8 Å². The number of aryl methyl sites for hydroxylation is 2. The second-order valence-corrected chi connectivity index (χ2v) is 6.50. The van der Waals surface area contributed by atoms with Crippen LogP contribution in [-0.4, -0.2) is 40.0 Å². The fourth-order valence-electron chi connectivity index (χ4n) is 2.20. The van der Waals surface area contributed by atoms with E-state index < -0.39 is 24.7 Å². The van der Waals surface area contributed by atoms with E-state index in [9.17, 15) is 22.8 Å². The van der Waals surface area contributed by atoms with E-state index >= 15 is 0 Å². The number of hydrogen-bond donors (Lipinski definition) is 2. The summed E-state index contributed by atoms with van der Waals surface area (Å²) >= 11 is 1.07. The maximum atomic E-state index is 12.0. The Bertz CT molecular complexity index is 785. The maximum Gasteiger partial charge on any atom is 0.405 e. The molecule has 2 aromatic rings. The highest BCUT2D eigenvalue weighted by Gasteiger charge is 2.28. The van der Waals surface area contributed by atoms with Crippen molar-refractivity contribution in [2.45, 2.75) is 25.2 Å². The van der Waals surface area contributed by atoms with Crippen molar-refractivity contribution < 1.29 is 22.8 Å². The first-order valence-corrected chi connectivity index (χ1v) is 8.52. The molecule has 0 aliphatic heterocycles. The summed E-state index contributed by atoms with van der Waals surface area (Å²) in [6.45, 7) is 2.43. The van der Waals surface area contributed by atoms with E-state index in [4.69, 9.17) is 0 Å². The van der Waals surface area contributed by atoms with E-state index in [2.05, 4.69) is 4.98 Å². The Morgan fingerprint density at radius 2 is 1.85 bits per heavy atom. The minimum atomic E-state index is -4.54. The van der Waals surface area contributed by atoms with Crippen LogP contribution < -0.4 is 10.6 Å². The highest BCUT2D eigenvalue weighted by molar-refractivity contribution is 7.99. The number of alkyl halides is 3. The van der Waals surface area contributed by atoms with E-state index in [-0.39, 0.29) is 5.75 Å². The van der Waals surface area contributed by atoms with Crippen molar-refractivity contribution in [3.05, 3.63) is 41.7 Å². The number of nitrogens with one attached hydrogen (secondary N) is 2. The number of amides is 3. The summed E-state index contributed by atoms with van der Waals surface area (Å²) in [5.41, 5.74) is 3.03. The third-order valence-electron chi connectivity index (χ3n) is 3.13. The van der Waals surface area contributed by atoms with Crippen molar-refractivity contribution in [3.8, 4) is 5.69 Å². The zero-order valence-corrected chi connectivity index (χ0v) is 14.9. The van der Waals surface area contributed by atoms with Gasteiger partial charge in [-0.15, -0.1) is 0 Å². The lowest BCUT2D eigenvalue weighted by molar-refractivity contribution is -0.124. The number of rotatable bonds is 5. The molecule has 26 heavy (non-hydrogen) atoms. The van der Waals surface area contributed by atoms with Crippen LogP contribution in [0.1, 0.15) is 11.1 Å². The van der Waals surface area contributed by atoms with Crippen molar-refractivity contribution in [2.75, 3.05) is 12.3 Å². The van der Waals surface area contributed by atoms with E-state index in [1.54, 1.807) is 22.3 Å². The lowest BCUT2D eigenvalue weighted by Gasteiger charge is -2.10. The fraction of sp³-hybridized carbons (Fsp3) is 0.312. The number of carbonyl (C=O) groups is 2. The lowest BCUT2D eigenvalue weighted by Crippen LogP contribution is -2.43. The molecule has 0 radical (unpaired) electrons. The molecule has 2 N–H and O–H groups in total. The number of halogens is 3. The highest BCUT2D eigenvalue weighted by Crippen LogP contribution is 2.22. The summed E-state index contributed by atoms with van der Waals surface area (Å²) in [6, 6.07) is 4.76. The van der Waals surface area contributed by atoms with Gasteiger partial charge in [0.15, 0.2) is 5.16 Å². The lowest BCUT2D eigenvalue weighted by atomic mass is 10.1. The Morgan fingerprint density at radius 1 is 1.19 bits per heavy atom. The molecule has 2 rings (SSSR count). The van der Waals surface area contributed by atoms with Crippen molar-refractivity contribution in [2.24, 2.45) is 0 Å². The predicted octanol–water partition coefficient (Wildman–Crippen LogP) is 2.97. The van der Waals surface area contributed by atoms with E-state index in [1.165, 1.54) is 0 Å². The number of urea groups is 1. The second kappa shape index (κ2) is 8.26. The van der Waals surface area contributed by atoms with Gasteiger partial charge in [-0.3, -0.25) is 14.7 Å². The third kappa shape index (κ3) is 6.10. The Labute approximate surface area is 152 Å². The molecule has 1 heterocycles. The van der Waals surface area contributed by atoms with Crippen LogP contribution >= 0.6 is 11.8 Å². The first-order valence-electron chi connectivity index (χ1n) is 7.53. The third-order valence-corrected chi connectivity index (χ3v) is 4.09. The van der Waals surface area contributed by atoms with Crippen molar-refractivity contribution in [3.63, 3.8) is 0 Å². The molecule has 0 saturated heterocycles. The number of carbonyl (C=O) groups excluding carboxylic acids is 2. The van der Waals surface area contributed by atoms with Gasteiger partial charge in [0.1, 0.15) is 6.54 Å². The monoisotopic (exact) mass is 386 g/mol. The van der Waals surface area contributed by atoms with Gasteiger partial charge in [0, 0.05) is 18.1 Å². The van der Waals surface area contributed by atoms with Gasteiger partial charge >= 0.3 is 12.2 Å². The topological polar surface area (TPSA) is 76.0 Å². The molecule has 0 spiro atoms. The Morgan fingerprint density at radius 3 is 2.46 bits per heavy atom. The molecule has 1 aromatic heterocycles. The first-order chi connectivity index (χ1) is 12.1. The molecule has 1 aromatic carbocycles. The quantitative estimate of drug-likeness (QED) is 0.775. The number of imide groups is 1. The van der Waals surface area contributed by atoms with Crippen LogP contribution in [0.5, 0.6) is 0 Å². The van der Waals surface area contributed by atoms with Crippen molar-refractivity contribution in [1.82, 2.24) is 20.2 Å². The standard InChI is InChI=1S/C16H17F3N4O2S/c1-10-5-11(2)7-12(6-10)23-4-3-20-15(23)26-8-13(24)22-14(25)21-9-16(17,18)19/h3-7H,8-9H2,1-2H3,(H2,21,22,24,25). The van der Waals surface area contributed by atoms with Gasteiger partial charge in [-0.05, 0) is 37.1 Å². The molecule has 6 nitrogen and oxygen atoms in total. The minimum Gasteiger partial charge on any atom is -0.329 e. The van der Waals surface area contributed by atoms with Crippen LogP contribution in [0.25, 0.3) is 5.69 Å². The van der Waals surface area contributed by atoms with Crippen LogP contribution in [0.2, 0.25) is 0 Å². The molecule has 0 saturated carbocycles.